The van der Waals surface area contributed by atoms with E-state index in [9.17, 15) is 9.90 Å². The largest absolute Gasteiger partial charge is 0.508 e. The zero-order valence-corrected chi connectivity index (χ0v) is 10.5. The molecule has 0 aliphatic carbocycles. The van der Waals surface area contributed by atoms with Gasteiger partial charge in [0.1, 0.15) is 17.5 Å². The van der Waals surface area contributed by atoms with Gasteiger partial charge in [-0.15, -0.1) is 0 Å². The third-order valence-electron chi connectivity index (χ3n) is 2.72. The highest BCUT2D eigenvalue weighted by atomic mass is 16.6. The number of anilines is 1. The van der Waals surface area contributed by atoms with E-state index in [1.165, 1.54) is 6.07 Å². The average Bonchev–Trinajstić information content (AvgIpc) is 2.24. The fourth-order valence-corrected chi connectivity index (χ4v) is 1.62. The highest BCUT2D eigenvalue weighted by Crippen LogP contribution is 2.21. The van der Waals surface area contributed by atoms with Crippen LogP contribution in [0.5, 0.6) is 5.75 Å². The lowest BCUT2D eigenvalue weighted by atomic mass is 10.1. The van der Waals surface area contributed by atoms with Crippen molar-refractivity contribution in [2.75, 3.05) is 18.5 Å². The summed E-state index contributed by atoms with van der Waals surface area (Å²) in [5.41, 5.74) is -0.388. The molecule has 1 saturated heterocycles. The Labute approximate surface area is 106 Å². The fraction of sp³-hybridized carbons (Fsp3) is 0.462. The smallest absolute Gasteiger partial charge is 0.256 e. The Morgan fingerprint density at radius 3 is 2.78 bits per heavy atom. The maximum Gasteiger partial charge on any atom is 0.256 e. The summed E-state index contributed by atoms with van der Waals surface area (Å²) in [6, 6.07) is 6.40. The quantitative estimate of drug-likeness (QED) is 0.851. The van der Waals surface area contributed by atoms with Crippen LogP contribution < -0.4 is 5.32 Å². The number of aromatic hydroxyl groups is 1. The van der Waals surface area contributed by atoms with Gasteiger partial charge in [0.2, 0.25) is 0 Å². The molecule has 1 aromatic rings. The molecule has 1 amide bonds. The predicted molar refractivity (Wildman–Crippen MR) is 66.5 cm³/mol. The number of carbonyl (C=O) groups excluding carboxylic acids is 1. The second-order valence-corrected chi connectivity index (χ2v) is 4.79. The van der Waals surface area contributed by atoms with Crippen molar-refractivity contribution in [1.82, 2.24) is 0 Å². The van der Waals surface area contributed by atoms with Gasteiger partial charge in [0.05, 0.1) is 13.2 Å². The summed E-state index contributed by atoms with van der Waals surface area (Å²) >= 11 is 0. The lowest BCUT2D eigenvalue weighted by molar-refractivity contribution is -0.186. The van der Waals surface area contributed by atoms with Crippen LogP contribution in [0.4, 0.5) is 5.69 Å². The molecule has 18 heavy (non-hydrogen) atoms. The summed E-state index contributed by atoms with van der Waals surface area (Å²) in [5.74, 6) is -0.140. The van der Waals surface area contributed by atoms with Crippen molar-refractivity contribution >= 4 is 11.6 Å². The van der Waals surface area contributed by atoms with Crippen molar-refractivity contribution in [3.63, 3.8) is 0 Å². The van der Waals surface area contributed by atoms with Crippen LogP contribution in [-0.4, -0.2) is 35.9 Å². The van der Waals surface area contributed by atoms with E-state index in [4.69, 9.17) is 9.47 Å². The Morgan fingerprint density at radius 2 is 2.22 bits per heavy atom. The molecule has 0 atom stereocenters. The van der Waals surface area contributed by atoms with Crippen LogP contribution in [0.2, 0.25) is 0 Å². The minimum absolute atomic E-state index is 0.0186. The number of amides is 1. The van der Waals surface area contributed by atoms with Crippen LogP contribution >= 0.6 is 0 Å². The topological polar surface area (TPSA) is 67.8 Å². The minimum atomic E-state index is -0.931. The van der Waals surface area contributed by atoms with Crippen LogP contribution in [0.15, 0.2) is 24.3 Å². The van der Waals surface area contributed by atoms with E-state index in [2.05, 4.69) is 5.32 Å². The van der Waals surface area contributed by atoms with Gasteiger partial charge >= 0.3 is 0 Å². The van der Waals surface area contributed by atoms with E-state index < -0.39 is 5.60 Å². The standard InChI is InChI=1S/C13H17NO4/c1-13(2,18-11-7-17-8-11)12(16)14-9-4-3-5-10(15)6-9/h3-6,11,15H,7-8H2,1-2H3,(H,14,16). The lowest BCUT2D eigenvalue weighted by Crippen LogP contribution is -2.48. The first-order valence-corrected chi connectivity index (χ1v) is 5.83. The second kappa shape index (κ2) is 4.96. The van der Waals surface area contributed by atoms with Gasteiger partial charge in [-0.1, -0.05) is 6.07 Å². The molecule has 1 aliphatic heterocycles. The van der Waals surface area contributed by atoms with E-state index in [-0.39, 0.29) is 17.8 Å². The van der Waals surface area contributed by atoms with E-state index >= 15 is 0 Å². The third kappa shape index (κ3) is 3.00. The molecule has 1 fully saturated rings. The van der Waals surface area contributed by atoms with Crippen molar-refractivity contribution in [1.29, 1.82) is 0 Å². The maximum absolute atomic E-state index is 12.1. The van der Waals surface area contributed by atoms with Crippen molar-refractivity contribution < 1.29 is 19.4 Å². The van der Waals surface area contributed by atoms with Crippen LogP contribution in [0.25, 0.3) is 0 Å². The number of hydrogen-bond donors (Lipinski definition) is 2. The van der Waals surface area contributed by atoms with Gasteiger partial charge in [0.25, 0.3) is 5.91 Å². The van der Waals surface area contributed by atoms with E-state index in [0.29, 0.717) is 18.9 Å². The Bertz CT molecular complexity index is 440. The van der Waals surface area contributed by atoms with Gasteiger partial charge in [0.15, 0.2) is 0 Å². The SMILES string of the molecule is CC(C)(OC1COC1)C(=O)Nc1cccc(O)c1. The fourth-order valence-electron chi connectivity index (χ4n) is 1.62. The van der Waals surface area contributed by atoms with Gasteiger partial charge in [-0.05, 0) is 26.0 Å². The summed E-state index contributed by atoms with van der Waals surface area (Å²) in [4.78, 5) is 12.1. The molecule has 0 aromatic heterocycles. The van der Waals surface area contributed by atoms with Crippen LogP contribution in [0.1, 0.15) is 13.8 Å². The Morgan fingerprint density at radius 1 is 1.50 bits per heavy atom. The number of nitrogens with one attached hydrogen (secondary N) is 1. The number of ether oxygens (including phenoxy) is 2. The molecule has 2 N–H and O–H groups in total. The predicted octanol–water partition coefficient (Wildman–Crippen LogP) is 1.52. The molecule has 0 radical (unpaired) electrons. The first-order chi connectivity index (χ1) is 8.47. The van der Waals surface area contributed by atoms with Crippen LogP contribution in [-0.2, 0) is 14.3 Å². The molecule has 0 spiro atoms. The van der Waals surface area contributed by atoms with Crippen molar-refractivity contribution in [2.45, 2.75) is 25.6 Å². The monoisotopic (exact) mass is 251 g/mol. The molecule has 1 heterocycles. The lowest BCUT2D eigenvalue weighted by Gasteiger charge is -2.34. The molecule has 2 rings (SSSR count). The molecule has 98 valence electrons. The van der Waals surface area contributed by atoms with Gasteiger partial charge in [-0.25, -0.2) is 0 Å². The molecule has 0 unspecified atom stereocenters. The molecule has 1 aliphatic rings. The van der Waals surface area contributed by atoms with E-state index in [1.807, 2.05) is 0 Å². The Balaban J connectivity index is 1.97. The maximum atomic E-state index is 12.1. The van der Waals surface area contributed by atoms with E-state index in [0.717, 1.165) is 0 Å². The number of phenols is 1. The summed E-state index contributed by atoms with van der Waals surface area (Å²) in [6.45, 7) is 4.48. The highest BCUT2D eigenvalue weighted by molar-refractivity contribution is 5.96. The average molecular weight is 251 g/mol. The van der Waals surface area contributed by atoms with Crippen LogP contribution in [0.3, 0.4) is 0 Å². The van der Waals surface area contributed by atoms with E-state index in [1.54, 1.807) is 32.0 Å². The zero-order valence-electron chi connectivity index (χ0n) is 10.5. The minimum Gasteiger partial charge on any atom is -0.508 e. The Kier molecular flexibility index (Phi) is 3.54. The normalized spacial score (nSPS) is 16.1. The molecule has 5 heteroatoms. The van der Waals surface area contributed by atoms with Gasteiger partial charge in [0, 0.05) is 11.8 Å². The third-order valence-corrected chi connectivity index (χ3v) is 2.72. The first kappa shape index (κ1) is 12.9. The summed E-state index contributed by atoms with van der Waals surface area (Å²) < 4.78 is 10.6. The number of phenolic OH excluding ortho intramolecular Hbond substituents is 1. The number of benzene rings is 1. The number of hydrogen-bond acceptors (Lipinski definition) is 4. The van der Waals surface area contributed by atoms with Gasteiger partial charge in [-0.3, -0.25) is 4.79 Å². The summed E-state index contributed by atoms with van der Waals surface area (Å²) in [5, 5.41) is 12.0. The molecule has 5 nitrogen and oxygen atoms in total. The molecule has 0 bridgehead atoms. The van der Waals surface area contributed by atoms with Crippen molar-refractivity contribution in [3.8, 4) is 5.75 Å². The molecular formula is C13H17NO4. The summed E-state index contributed by atoms with van der Waals surface area (Å²) in [7, 11) is 0. The highest BCUT2D eigenvalue weighted by Gasteiger charge is 2.34. The van der Waals surface area contributed by atoms with Crippen molar-refractivity contribution in [3.05, 3.63) is 24.3 Å². The number of carbonyl (C=O) groups is 1. The van der Waals surface area contributed by atoms with Crippen LogP contribution in [0, 0.1) is 0 Å². The molecular weight excluding hydrogens is 234 g/mol. The van der Waals surface area contributed by atoms with Gasteiger partial charge < -0.3 is 19.9 Å². The second-order valence-electron chi connectivity index (χ2n) is 4.79. The Hall–Kier alpha value is -1.59. The summed E-state index contributed by atoms with van der Waals surface area (Å²) in [6.07, 6.45) is -0.0186. The zero-order chi connectivity index (χ0) is 13.2. The van der Waals surface area contributed by atoms with Crippen molar-refractivity contribution in [2.24, 2.45) is 0 Å². The molecule has 0 saturated carbocycles. The number of rotatable bonds is 4. The first-order valence-electron chi connectivity index (χ1n) is 5.83. The molecule has 1 aromatic carbocycles. The van der Waals surface area contributed by atoms with Gasteiger partial charge in [-0.2, -0.15) is 0 Å².